The Bertz CT molecular complexity index is 1010. The maximum absolute atomic E-state index is 12.1. The first-order valence-electron chi connectivity index (χ1n) is 9.90. The van der Waals surface area contributed by atoms with E-state index in [1.54, 1.807) is 23.3 Å². The Kier molecular flexibility index (Phi) is 6.07. The molecule has 1 amide bonds. The smallest absolute Gasteiger partial charge is 0.237 e. The van der Waals surface area contributed by atoms with Gasteiger partial charge in [-0.05, 0) is 37.5 Å². The third-order valence-corrected chi connectivity index (χ3v) is 4.64. The lowest BCUT2D eigenvalue weighted by atomic mass is 10.2. The summed E-state index contributed by atoms with van der Waals surface area (Å²) in [5, 5.41) is 6.25. The molecule has 0 fully saturated rings. The van der Waals surface area contributed by atoms with Gasteiger partial charge >= 0.3 is 0 Å². The minimum atomic E-state index is 0.0351. The molecule has 1 aliphatic rings. The van der Waals surface area contributed by atoms with Gasteiger partial charge in [0, 0.05) is 43.7 Å². The molecule has 1 aliphatic heterocycles. The van der Waals surface area contributed by atoms with Gasteiger partial charge in [-0.1, -0.05) is 6.07 Å². The van der Waals surface area contributed by atoms with Crippen molar-refractivity contribution in [2.75, 3.05) is 18.7 Å². The first-order chi connectivity index (χ1) is 14.7. The summed E-state index contributed by atoms with van der Waals surface area (Å²) in [7, 11) is 0. The van der Waals surface area contributed by atoms with E-state index >= 15 is 0 Å². The van der Waals surface area contributed by atoms with E-state index in [1.807, 2.05) is 31.2 Å². The predicted molar refractivity (Wildman–Crippen MR) is 111 cm³/mol. The standard InChI is InChI=1S/C21H24N6O3/c1-15-10-19(26-21(25-15)27-9-8-22-13-27)23-7-3-2-4-20(28)24-12-16-5-6-17-18(11-16)30-14-29-17/h5-6,8-11,13H,2-4,7,12,14H2,1H3,(H,24,28)(H,23,25,26). The number of aryl methyl sites for hydroxylation is 1. The average Bonchev–Trinajstić information content (AvgIpc) is 3.43. The van der Waals surface area contributed by atoms with Gasteiger partial charge in [0.2, 0.25) is 18.6 Å². The number of anilines is 1. The molecule has 0 aliphatic carbocycles. The lowest BCUT2D eigenvalue weighted by molar-refractivity contribution is -0.121. The predicted octanol–water partition coefficient (Wildman–Crippen LogP) is 2.60. The quantitative estimate of drug-likeness (QED) is 0.525. The number of hydrogen-bond acceptors (Lipinski definition) is 7. The van der Waals surface area contributed by atoms with Crippen LogP contribution >= 0.6 is 0 Å². The molecule has 0 atom stereocenters. The van der Waals surface area contributed by atoms with Crippen molar-refractivity contribution in [1.82, 2.24) is 24.8 Å². The molecule has 9 heteroatoms. The van der Waals surface area contributed by atoms with Crippen LogP contribution in [-0.4, -0.2) is 38.8 Å². The zero-order chi connectivity index (χ0) is 20.8. The summed E-state index contributed by atoms with van der Waals surface area (Å²) in [6.07, 6.45) is 7.30. The number of amides is 1. The largest absolute Gasteiger partial charge is 0.454 e. The van der Waals surface area contributed by atoms with E-state index in [4.69, 9.17) is 9.47 Å². The van der Waals surface area contributed by atoms with E-state index < -0.39 is 0 Å². The lowest BCUT2D eigenvalue weighted by Crippen LogP contribution is -2.22. The zero-order valence-corrected chi connectivity index (χ0v) is 16.8. The van der Waals surface area contributed by atoms with Crippen LogP contribution in [0.3, 0.4) is 0 Å². The Morgan fingerprint density at radius 3 is 2.93 bits per heavy atom. The van der Waals surface area contributed by atoms with E-state index in [-0.39, 0.29) is 12.7 Å². The Balaban J connectivity index is 1.16. The summed E-state index contributed by atoms with van der Waals surface area (Å²) < 4.78 is 12.4. The molecule has 0 saturated carbocycles. The van der Waals surface area contributed by atoms with Crippen molar-refractivity contribution in [2.45, 2.75) is 32.7 Å². The number of unbranched alkanes of at least 4 members (excludes halogenated alkanes) is 1. The van der Waals surface area contributed by atoms with Crippen LogP contribution in [0.5, 0.6) is 11.5 Å². The van der Waals surface area contributed by atoms with Gasteiger partial charge in [-0.3, -0.25) is 9.36 Å². The molecule has 1 aromatic carbocycles. The number of nitrogens with zero attached hydrogens (tertiary/aromatic N) is 4. The van der Waals surface area contributed by atoms with E-state index in [0.717, 1.165) is 48.0 Å². The number of carbonyl (C=O) groups excluding carboxylic acids is 1. The number of imidazole rings is 1. The van der Waals surface area contributed by atoms with Crippen molar-refractivity contribution in [3.63, 3.8) is 0 Å². The molecule has 0 radical (unpaired) electrons. The van der Waals surface area contributed by atoms with Gasteiger partial charge < -0.3 is 20.1 Å². The van der Waals surface area contributed by atoms with Crippen LogP contribution in [-0.2, 0) is 11.3 Å². The van der Waals surface area contributed by atoms with Crippen LogP contribution in [0.2, 0.25) is 0 Å². The highest BCUT2D eigenvalue weighted by Gasteiger charge is 2.13. The molecule has 9 nitrogen and oxygen atoms in total. The van der Waals surface area contributed by atoms with Gasteiger partial charge in [-0.25, -0.2) is 9.97 Å². The number of nitrogens with one attached hydrogen (secondary N) is 2. The summed E-state index contributed by atoms with van der Waals surface area (Å²) >= 11 is 0. The highest BCUT2D eigenvalue weighted by atomic mass is 16.7. The molecule has 0 bridgehead atoms. The fraction of sp³-hybridized carbons (Fsp3) is 0.333. The SMILES string of the molecule is Cc1cc(NCCCCC(=O)NCc2ccc3c(c2)OCO3)nc(-n2ccnc2)n1. The maximum Gasteiger partial charge on any atom is 0.237 e. The number of benzene rings is 1. The first kappa shape index (κ1) is 19.7. The average molecular weight is 408 g/mol. The minimum absolute atomic E-state index is 0.0351. The molecular weight excluding hydrogens is 384 g/mol. The second kappa shape index (κ2) is 9.25. The van der Waals surface area contributed by atoms with E-state index in [2.05, 4.69) is 25.6 Å². The highest BCUT2D eigenvalue weighted by Crippen LogP contribution is 2.32. The lowest BCUT2D eigenvalue weighted by Gasteiger charge is -2.09. The van der Waals surface area contributed by atoms with E-state index in [1.165, 1.54) is 0 Å². The molecule has 30 heavy (non-hydrogen) atoms. The third-order valence-electron chi connectivity index (χ3n) is 4.64. The maximum atomic E-state index is 12.1. The van der Waals surface area contributed by atoms with Gasteiger partial charge in [0.25, 0.3) is 0 Å². The monoisotopic (exact) mass is 408 g/mol. The topological polar surface area (TPSA) is 103 Å². The Hall–Kier alpha value is -3.62. The number of rotatable bonds is 9. The number of hydrogen-bond donors (Lipinski definition) is 2. The van der Waals surface area contributed by atoms with Gasteiger partial charge in [0.05, 0.1) is 0 Å². The first-order valence-corrected chi connectivity index (χ1v) is 9.90. The molecule has 0 spiro atoms. The molecule has 2 N–H and O–H groups in total. The van der Waals surface area contributed by atoms with Crippen LogP contribution in [0.25, 0.3) is 5.95 Å². The molecule has 2 aromatic heterocycles. The Labute approximate surface area is 174 Å². The van der Waals surface area contributed by atoms with Crippen LogP contribution < -0.4 is 20.1 Å². The number of aromatic nitrogens is 4. The molecule has 3 heterocycles. The van der Waals surface area contributed by atoms with Crippen molar-refractivity contribution in [2.24, 2.45) is 0 Å². The van der Waals surface area contributed by atoms with Gasteiger partial charge in [-0.2, -0.15) is 4.98 Å². The van der Waals surface area contributed by atoms with Crippen molar-refractivity contribution in [3.05, 3.63) is 54.2 Å². The van der Waals surface area contributed by atoms with Gasteiger partial charge in [0.15, 0.2) is 11.5 Å². The number of ether oxygens (including phenoxy) is 2. The third kappa shape index (κ3) is 5.05. The fourth-order valence-corrected chi connectivity index (χ4v) is 3.10. The van der Waals surface area contributed by atoms with E-state index in [0.29, 0.717) is 18.9 Å². The summed E-state index contributed by atoms with van der Waals surface area (Å²) in [5.41, 5.74) is 1.86. The molecular formula is C21H24N6O3. The van der Waals surface area contributed by atoms with Crippen molar-refractivity contribution in [1.29, 1.82) is 0 Å². The Morgan fingerprint density at radius 1 is 1.17 bits per heavy atom. The number of carbonyl (C=O) groups is 1. The molecule has 156 valence electrons. The molecule has 0 unspecified atom stereocenters. The second-order valence-electron chi connectivity index (χ2n) is 7.01. The zero-order valence-electron chi connectivity index (χ0n) is 16.8. The highest BCUT2D eigenvalue weighted by molar-refractivity contribution is 5.75. The summed E-state index contributed by atoms with van der Waals surface area (Å²) in [6.45, 7) is 3.39. The fourth-order valence-electron chi connectivity index (χ4n) is 3.10. The summed E-state index contributed by atoms with van der Waals surface area (Å²) in [6, 6.07) is 7.59. The Morgan fingerprint density at radius 2 is 2.07 bits per heavy atom. The van der Waals surface area contributed by atoms with Gasteiger partial charge in [0.1, 0.15) is 12.1 Å². The molecule has 0 saturated heterocycles. The molecule has 4 rings (SSSR count). The normalized spacial score (nSPS) is 12.0. The van der Waals surface area contributed by atoms with Crippen molar-refractivity contribution in [3.8, 4) is 17.4 Å². The molecule has 3 aromatic rings. The van der Waals surface area contributed by atoms with E-state index in [9.17, 15) is 4.79 Å². The van der Waals surface area contributed by atoms with Gasteiger partial charge in [-0.15, -0.1) is 0 Å². The van der Waals surface area contributed by atoms with Crippen LogP contribution in [0.1, 0.15) is 30.5 Å². The summed E-state index contributed by atoms with van der Waals surface area (Å²) in [5.74, 6) is 2.85. The second-order valence-corrected chi connectivity index (χ2v) is 7.01. The number of fused-ring (bicyclic) bond motifs is 1. The van der Waals surface area contributed by atoms with Crippen LogP contribution in [0.15, 0.2) is 43.0 Å². The van der Waals surface area contributed by atoms with Crippen molar-refractivity contribution < 1.29 is 14.3 Å². The van der Waals surface area contributed by atoms with Crippen LogP contribution in [0.4, 0.5) is 5.82 Å². The minimum Gasteiger partial charge on any atom is -0.454 e. The van der Waals surface area contributed by atoms with Crippen LogP contribution in [0, 0.1) is 6.92 Å². The van der Waals surface area contributed by atoms with Crippen molar-refractivity contribution >= 4 is 11.7 Å². The summed E-state index contributed by atoms with van der Waals surface area (Å²) in [4.78, 5) is 25.0.